The number of hydrogen-bond donors (Lipinski definition) is 1. The Morgan fingerprint density at radius 3 is 2.76 bits per heavy atom. The Labute approximate surface area is 102 Å². The molecule has 1 fully saturated rings. The van der Waals surface area contributed by atoms with Gasteiger partial charge in [-0.2, -0.15) is 0 Å². The van der Waals surface area contributed by atoms with Crippen molar-refractivity contribution in [1.82, 2.24) is 10.2 Å². The zero-order valence-electron chi connectivity index (χ0n) is 9.98. The van der Waals surface area contributed by atoms with Gasteiger partial charge in [-0.25, -0.2) is 8.42 Å². The summed E-state index contributed by atoms with van der Waals surface area (Å²) in [5.74, 6) is 1.42. The van der Waals surface area contributed by atoms with Crippen LogP contribution in [0.2, 0.25) is 0 Å². The highest BCUT2D eigenvalue weighted by Gasteiger charge is 2.22. The van der Waals surface area contributed by atoms with E-state index in [0.29, 0.717) is 19.6 Å². The summed E-state index contributed by atoms with van der Waals surface area (Å²) in [6, 6.07) is 2.01. The van der Waals surface area contributed by atoms with Crippen molar-refractivity contribution in [1.29, 1.82) is 0 Å². The highest BCUT2D eigenvalue weighted by molar-refractivity contribution is 7.91. The van der Waals surface area contributed by atoms with E-state index in [1.54, 1.807) is 6.26 Å². The van der Waals surface area contributed by atoms with E-state index in [1.807, 2.05) is 13.1 Å². The van der Waals surface area contributed by atoms with Crippen molar-refractivity contribution in [3.05, 3.63) is 23.7 Å². The number of rotatable bonds is 4. The van der Waals surface area contributed by atoms with E-state index in [0.717, 1.165) is 17.9 Å². The predicted molar refractivity (Wildman–Crippen MR) is 65.4 cm³/mol. The molecule has 1 aromatic heterocycles. The molecule has 1 aliphatic rings. The minimum absolute atomic E-state index is 0.261. The quantitative estimate of drug-likeness (QED) is 0.837. The van der Waals surface area contributed by atoms with Crippen LogP contribution in [0.15, 0.2) is 16.7 Å². The lowest BCUT2D eigenvalue weighted by atomic mass is 10.3. The van der Waals surface area contributed by atoms with Crippen molar-refractivity contribution in [3.8, 4) is 0 Å². The summed E-state index contributed by atoms with van der Waals surface area (Å²) in [5.41, 5.74) is 1.12. The van der Waals surface area contributed by atoms with Gasteiger partial charge >= 0.3 is 0 Å². The Kier molecular flexibility index (Phi) is 3.86. The van der Waals surface area contributed by atoms with E-state index in [4.69, 9.17) is 4.42 Å². The molecule has 17 heavy (non-hydrogen) atoms. The lowest BCUT2D eigenvalue weighted by molar-refractivity contribution is 0.262. The third-order valence-electron chi connectivity index (χ3n) is 2.91. The fourth-order valence-electron chi connectivity index (χ4n) is 1.93. The van der Waals surface area contributed by atoms with Gasteiger partial charge in [0.2, 0.25) is 0 Å². The normalized spacial score (nSPS) is 20.5. The van der Waals surface area contributed by atoms with Crippen molar-refractivity contribution in [2.24, 2.45) is 0 Å². The third kappa shape index (κ3) is 3.55. The highest BCUT2D eigenvalue weighted by atomic mass is 32.2. The molecule has 0 spiro atoms. The number of sulfone groups is 1. The molecule has 96 valence electrons. The summed E-state index contributed by atoms with van der Waals surface area (Å²) in [5, 5.41) is 3.06. The Bertz CT molecular complexity index is 453. The van der Waals surface area contributed by atoms with Crippen molar-refractivity contribution in [2.45, 2.75) is 13.1 Å². The van der Waals surface area contributed by atoms with Gasteiger partial charge in [0.05, 0.1) is 24.3 Å². The molecule has 0 unspecified atom stereocenters. The van der Waals surface area contributed by atoms with Gasteiger partial charge < -0.3 is 9.73 Å². The van der Waals surface area contributed by atoms with Crippen molar-refractivity contribution < 1.29 is 12.8 Å². The minimum Gasteiger partial charge on any atom is -0.468 e. The van der Waals surface area contributed by atoms with Gasteiger partial charge in [0.1, 0.15) is 5.76 Å². The highest BCUT2D eigenvalue weighted by Crippen LogP contribution is 2.13. The molecule has 0 radical (unpaired) electrons. The molecule has 0 aromatic carbocycles. The molecule has 2 heterocycles. The number of hydrogen-bond acceptors (Lipinski definition) is 5. The number of nitrogens with zero attached hydrogens (tertiary/aromatic N) is 1. The molecule has 6 heteroatoms. The first kappa shape index (κ1) is 12.6. The first-order chi connectivity index (χ1) is 8.09. The van der Waals surface area contributed by atoms with Gasteiger partial charge in [0, 0.05) is 25.2 Å². The SMILES string of the molecule is CNCc1coc(CN2CCS(=O)(=O)CC2)c1. The first-order valence-electron chi connectivity index (χ1n) is 5.73. The van der Waals surface area contributed by atoms with Crippen LogP contribution in [-0.2, 0) is 22.9 Å². The summed E-state index contributed by atoms with van der Waals surface area (Å²) in [7, 11) is -0.903. The van der Waals surface area contributed by atoms with Gasteiger partial charge in [-0.3, -0.25) is 4.90 Å². The fraction of sp³-hybridized carbons (Fsp3) is 0.636. The standard InChI is InChI=1S/C11H18N2O3S/c1-12-7-10-6-11(16-9-10)8-13-2-4-17(14,15)5-3-13/h6,9,12H,2-5,7-8H2,1H3. The van der Waals surface area contributed by atoms with Gasteiger partial charge in [0.15, 0.2) is 9.84 Å². The number of nitrogens with one attached hydrogen (secondary N) is 1. The maximum Gasteiger partial charge on any atom is 0.152 e. The van der Waals surface area contributed by atoms with Crippen molar-refractivity contribution in [3.63, 3.8) is 0 Å². The fourth-order valence-corrected chi connectivity index (χ4v) is 3.21. The van der Waals surface area contributed by atoms with Crippen LogP contribution in [0.3, 0.4) is 0 Å². The predicted octanol–water partition coefficient (Wildman–Crippen LogP) is 0.229. The lowest BCUT2D eigenvalue weighted by Gasteiger charge is -2.25. The van der Waals surface area contributed by atoms with Crippen LogP contribution in [0.5, 0.6) is 0 Å². The molecule has 0 atom stereocenters. The minimum atomic E-state index is -2.79. The Hall–Kier alpha value is -0.850. The lowest BCUT2D eigenvalue weighted by Crippen LogP contribution is -2.39. The van der Waals surface area contributed by atoms with Crippen LogP contribution >= 0.6 is 0 Å². The molecule has 1 aliphatic heterocycles. The van der Waals surface area contributed by atoms with E-state index in [2.05, 4.69) is 10.2 Å². The molecule has 1 saturated heterocycles. The second-order valence-corrected chi connectivity index (χ2v) is 6.68. The van der Waals surface area contributed by atoms with E-state index < -0.39 is 9.84 Å². The van der Waals surface area contributed by atoms with Crippen LogP contribution < -0.4 is 5.32 Å². The van der Waals surface area contributed by atoms with Crippen molar-refractivity contribution in [2.75, 3.05) is 31.6 Å². The van der Waals surface area contributed by atoms with Crippen LogP contribution in [0.1, 0.15) is 11.3 Å². The smallest absolute Gasteiger partial charge is 0.152 e. The monoisotopic (exact) mass is 258 g/mol. The number of furan rings is 1. The largest absolute Gasteiger partial charge is 0.468 e. The van der Waals surface area contributed by atoms with Gasteiger partial charge in [0.25, 0.3) is 0 Å². The van der Waals surface area contributed by atoms with E-state index in [1.165, 1.54) is 0 Å². The molecule has 2 rings (SSSR count). The average Bonchev–Trinajstić information content (AvgIpc) is 2.70. The van der Waals surface area contributed by atoms with Crippen LogP contribution in [0, 0.1) is 0 Å². The van der Waals surface area contributed by atoms with Crippen LogP contribution in [-0.4, -0.2) is 45.0 Å². The summed E-state index contributed by atoms with van der Waals surface area (Å²) >= 11 is 0. The van der Waals surface area contributed by atoms with Gasteiger partial charge in [-0.1, -0.05) is 0 Å². The zero-order chi connectivity index (χ0) is 12.3. The molecular formula is C11H18N2O3S. The Morgan fingerprint density at radius 1 is 1.41 bits per heavy atom. The molecule has 0 saturated carbocycles. The Balaban J connectivity index is 1.88. The van der Waals surface area contributed by atoms with E-state index >= 15 is 0 Å². The van der Waals surface area contributed by atoms with E-state index in [-0.39, 0.29) is 11.5 Å². The average molecular weight is 258 g/mol. The first-order valence-corrected chi connectivity index (χ1v) is 7.55. The molecule has 1 aromatic rings. The maximum absolute atomic E-state index is 11.3. The van der Waals surface area contributed by atoms with Crippen LogP contribution in [0.25, 0.3) is 0 Å². The molecule has 1 N–H and O–H groups in total. The summed E-state index contributed by atoms with van der Waals surface area (Å²) in [4.78, 5) is 2.11. The second-order valence-electron chi connectivity index (χ2n) is 4.38. The molecular weight excluding hydrogens is 240 g/mol. The van der Waals surface area contributed by atoms with E-state index in [9.17, 15) is 8.42 Å². The van der Waals surface area contributed by atoms with Crippen molar-refractivity contribution >= 4 is 9.84 Å². The summed E-state index contributed by atoms with van der Waals surface area (Å²) in [6.07, 6.45) is 1.74. The molecule has 0 aliphatic carbocycles. The molecule has 0 bridgehead atoms. The summed E-state index contributed by atoms with van der Waals surface area (Å²) < 4.78 is 28.0. The molecule has 5 nitrogen and oxygen atoms in total. The van der Waals surface area contributed by atoms with Crippen LogP contribution in [0.4, 0.5) is 0 Å². The van der Waals surface area contributed by atoms with Gasteiger partial charge in [-0.05, 0) is 13.1 Å². The third-order valence-corrected chi connectivity index (χ3v) is 4.51. The molecule has 0 amide bonds. The maximum atomic E-state index is 11.3. The topological polar surface area (TPSA) is 62.6 Å². The Morgan fingerprint density at radius 2 is 2.12 bits per heavy atom. The second kappa shape index (κ2) is 5.20. The summed E-state index contributed by atoms with van der Waals surface area (Å²) in [6.45, 7) is 2.69. The van der Waals surface area contributed by atoms with Gasteiger partial charge in [-0.15, -0.1) is 0 Å². The zero-order valence-corrected chi connectivity index (χ0v) is 10.8.